The number of allylic oxidation sites excluding steroid dienone is 4. The van der Waals surface area contributed by atoms with Gasteiger partial charge in [-0.2, -0.15) is 0 Å². The van der Waals surface area contributed by atoms with Gasteiger partial charge in [0.2, 0.25) is 0 Å². The highest BCUT2D eigenvalue weighted by Crippen LogP contribution is 2.10. The Morgan fingerprint density at radius 3 is 1.34 bits per heavy atom. The predicted molar refractivity (Wildman–Crippen MR) is 130 cm³/mol. The van der Waals surface area contributed by atoms with Crippen LogP contribution in [0.1, 0.15) is 71.4 Å². The van der Waals surface area contributed by atoms with Crippen molar-refractivity contribution < 1.29 is 19.1 Å². The minimum atomic E-state index is -0.277. The third-order valence-electron chi connectivity index (χ3n) is 4.67. The smallest absolute Gasteiger partial charge is 0.338 e. The minimum Gasteiger partial charge on any atom is -0.462 e. The van der Waals surface area contributed by atoms with Gasteiger partial charge in [-0.15, -0.1) is 0 Å². The standard InChI is InChI=1S/C28H32O4/c1-3-5-21-31-27(29)25-17-13-23(14-18-25)11-9-7-8-10-12-24-15-19-26(20-16-24)28(30)32-22-6-4-2/h7-20H,3-6,21-22H2,1-2H3/b8-7+,11-9+,12-10+. The van der Waals surface area contributed by atoms with Crippen LogP contribution in [0.3, 0.4) is 0 Å². The molecule has 0 bridgehead atoms. The summed E-state index contributed by atoms with van der Waals surface area (Å²) in [5.74, 6) is -0.555. The van der Waals surface area contributed by atoms with Crippen LogP contribution < -0.4 is 0 Å². The van der Waals surface area contributed by atoms with E-state index < -0.39 is 0 Å². The Morgan fingerprint density at radius 2 is 1.00 bits per heavy atom. The molecule has 0 saturated carbocycles. The third kappa shape index (κ3) is 9.17. The highest BCUT2D eigenvalue weighted by Gasteiger charge is 2.06. The first-order chi connectivity index (χ1) is 15.6. The zero-order valence-corrected chi connectivity index (χ0v) is 19.0. The topological polar surface area (TPSA) is 52.6 Å². The molecule has 0 fully saturated rings. The number of carbonyl (C=O) groups is 2. The maximum absolute atomic E-state index is 11.9. The fourth-order valence-corrected chi connectivity index (χ4v) is 2.71. The van der Waals surface area contributed by atoms with Gasteiger partial charge in [0.15, 0.2) is 0 Å². The van der Waals surface area contributed by atoms with E-state index in [2.05, 4.69) is 13.8 Å². The Labute approximate surface area is 191 Å². The van der Waals surface area contributed by atoms with Gasteiger partial charge in [0.25, 0.3) is 0 Å². The van der Waals surface area contributed by atoms with E-state index in [1.807, 2.05) is 60.7 Å². The molecule has 2 aromatic carbocycles. The molecular weight excluding hydrogens is 400 g/mol. The van der Waals surface area contributed by atoms with Gasteiger partial charge >= 0.3 is 11.9 Å². The van der Waals surface area contributed by atoms with Crippen LogP contribution in [-0.4, -0.2) is 25.2 Å². The van der Waals surface area contributed by atoms with E-state index in [4.69, 9.17) is 9.47 Å². The van der Waals surface area contributed by atoms with Crippen molar-refractivity contribution in [2.24, 2.45) is 0 Å². The van der Waals surface area contributed by atoms with Crippen molar-refractivity contribution in [2.45, 2.75) is 39.5 Å². The molecule has 0 radical (unpaired) electrons. The van der Waals surface area contributed by atoms with E-state index in [1.165, 1.54) is 0 Å². The van der Waals surface area contributed by atoms with Gasteiger partial charge < -0.3 is 9.47 Å². The molecule has 168 valence electrons. The molecule has 2 aromatic rings. The van der Waals surface area contributed by atoms with Crippen molar-refractivity contribution in [1.29, 1.82) is 0 Å². The summed E-state index contributed by atoms with van der Waals surface area (Å²) in [5.41, 5.74) is 3.14. The molecular formula is C28H32O4. The van der Waals surface area contributed by atoms with E-state index >= 15 is 0 Å². The van der Waals surface area contributed by atoms with Crippen LogP contribution in [0.2, 0.25) is 0 Å². The van der Waals surface area contributed by atoms with E-state index in [1.54, 1.807) is 24.3 Å². The maximum Gasteiger partial charge on any atom is 0.338 e. The molecule has 4 heteroatoms. The van der Waals surface area contributed by atoms with Gasteiger partial charge in [-0.25, -0.2) is 9.59 Å². The fraction of sp³-hybridized carbons (Fsp3) is 0.286. The van der Waals surface area contributed by atoms with E-state index in [0.29, 0.717) is 24.3 Å². The summed E-state index contributed by atoms with van der Waals surface area (Å²) in [5, 5.41) is 0. The largest absolute Gasteiger partial charge is 0.462 e. The number of benzene rings is 2. The summed E-state index contributed by atoms with van der Waals surface area (Å²) in [4.78, 5) is 23.8. The molecule has 0 aromatic heterocycles. The molecule has 4 nitrogen and oxygen atoms in total. The van der Waals surface area contributed by atoms with Gasteiger partial charge in [0, 0.05) is 0 Å². The lowest BCUT2D eigenvalue weighted by atomic mass is 10.1. The predicted octanol–water partition coefficient (Wildman–Crippen LogP) is 6.88. The SMILES string of the molecule is CCCCOC(=O)c1ccc(/C=C/C=C/C=C/c2ccc(C(=O)OCCCC)cc2)cc1. The maximum atomic E-state index is 11.9. The summed E-state index contributed by atoms with van der Waals surface area (Å²) in [6.07, 6.45) is 15.4. The lowest BCUT2D eigenvalue weighted by Gasteiger charge is -2.03. The Balaban J connectivity index is 1.79. The molecule has 0 aliphatic rings. The molecule has 0 saturated heterocycles. The average Bonchev–Trinajstić information content (AvgIpc) is 2.82. The highest BCUT2D eigenvalue weighted by atomic mass is 16.5. The van der Waals surface area contributed by atoms with Crippen molar-refractivity contribution >= 4 is 24.1 Å². The van der Waals surface area contributed by atoms with Crippen molar-refractivity contribution in [3.8, 4) is 0 Å². The molecule has 0 aliphatic heterocycles. The Morgan fingerprint density at radius 1 is 0.625 bits per heavy atom. The van der Waals surface area contributed by atoms with Gasteiger partial charge in [0.05, 0.1) is 24.3 Å². The average molecular weight is 433 g/mol. The van der Waals surface area contributed by atoms with Gasteiger partial charge in [-0.1, -0.05) is 87.4 Å². The Bertz CT molecular complexity index is 841. The van der Waals surface area contributed by atoms with Crippen LogP contribution in [0.15, 0.2) is 72.8 Å². The molecule has 0 atom stereocenters. The molecule has 0 N–H and O–H groups in total. The lowest BCUT2D eigenvalue weighted by Crippen LogP contribution is -2.06. The number of rotatable bonds is 12. The second-order valence-electron chi connectivity index (χ2n) is 7.33. The summed E-state index contributed by atoms with van der Waals surface area (Å²) < 4.78 is 10.4. The normalized spacial score (nSPS) is 11.4. The van der Waals surface area contributed by atoms with Crippen molar-refractivity contribution in [2.75, 3.05) is 13.2 Å². The molecule has 0 unspecified atom stereocenters. The number of hydrogen-bond donors (Lipinski definition) is 0. The number of carbonyl (C=O) groups excluding carboxylic acids is 2. The van der Waals surface area contributed by atoms with Crippen LogP contribution in [0.5, 0.6) is 0 Å². The Hall–Kier alpha value is -3.40. The molecule has 0 heterocycles. The fourth-order valence-electron chi connectivity index (χ4n) is 2.71. The number of esters is 2. The molecule has 32 heavy (non-hydrogen) atoms. The summed E-state index contributed by atoms with van der Waals surface area (Å²) >= 11 is 0. The second kappa shape index (κ2) is 14.6. The first-order valence-corrected chi connectivity index (χ1v) is 11.2. The molecule has 0 amide bonds. The number of ether oxygens (including phenoxy) is 2. The quantitative estimate of drug-likeness (QED) is 0.208. The molecule has 0 aliphatic carbocycles. The zero-order valence-electron chi connectivity index (χ0n) is 19.0. The van der Waals surface area contributed by atoms with Crippen molar-refractivity contribution in [1.82, 2.24) is 0 Å². The molecule has 2 rings (SSSR count). The molecule has 0 spiro atoms. The monoisotopic (exact) mass is 432 g/mol. The minimum absolute atomic E-state index is 0.277. The van der Waals surface area contributed by atoms with E-state index in [0.717, 1.165) is 36.8 Å². The summed E-state index contributed by atoms with van der Waals surface area (Å²) in [6, 6.07) is 14.7. The van der Waals surface area contributed by atoms with Gasteiger partial charge in [-0.3, -0.25) is 0 Å². The number of hydrogen-bond acceptors (Lipinski definition) is 4. The number of unbranched alkanes of at least 4 members (excludes halogenated alkanes) is 2. The highest BCUT2D eigenvalue weighted by molar-refractivity contribution is 5.90. The van der Waals surface area contributed by atoms with E-state index in [-0.39, 0.29) is 11.9 Å². The van der Waals surface area contributed by atoms with Crippen LogP contribution in [-0.2, 0) is 9.47 Å². The van der Waals surface area contributed by atoms with Crippen LogP contribution in [0.4, 0.5) is 0 Å². The second-order valence-corrected chi connectivity index (χ2v) is 7.33. The van der Waals surface area contributed by atoms with Gasteiger partial charge in [-0.05, 0) is 48.2 Å². The van der Waals surface area contributed by atoms with Crippen molar-refractivity contribution in [3.05, 3.63) is 95.1 Å². The van der Waals surface area contributed by atoms with Gasteiger partial charge in [0.1, 0.15) is 0 Å². The van der Waals surface area contributed by atoms with Crippen LogP contribution in [0, 0.1) is 0 Å². The lowest BCUT2D eigenvalue weighted by molar-refractivity contribution is 0.0490. The third-order valence-corrected chi connectivity index (χ3v) is 4.67. The van der Waals surface area contributed by atoms with E-state index in [9.17, 15) is 9.59 Å². The summed E-state index contributed by atoms with van der Waals surface area (Å²) in [7, 11) is 0. The summed E-state index contributed by atoms with van der Waals surface area (Å²) in [6.45, 7) is 5.05. The first-order valence-electron chi connectivity index (χ1n) is 11.2. The first kappa shape index (κ1) is 24.9. The van der Waals surface area contributed by atoms with Crippen molar-refractivity contribution in [3.63, 3.8) is 0 Å². The van der Waals surface area contributed by atoms with Crippen LogP contribution >= 0.6 is 0 Å². The zero-order chi connectivity index (χ0) is 23.0. The Kier molecular flexibility index (Phi) is 11.3. The van der Waals surface area contributed by atoms with Crippen LogP contribution in [0.25, 0.3) is 12.2 Å².